The van der Waals surface area contributed by atoms with Gasteiger partial charge in [0.05, 0.1) is 14.6 Å². The van der Waals surface area contributed by atoms with E-state index in [0.29, 0.717) is 9.37 Å². The lowest BCUT2D eigenvalue weighted by atomic mass is 10.4. The molecule has 4 nitrogen and oxygen atoms in total. The molecular formula is C8H9BrN2O2S. The van der Waals surface area contributed by atoms with Crippen LogP contribution in [-0.2, 0) is 14.5 Å². The first-order chi connectivity index (χ1) is 6.43. The second-order valence-corrected chi connectivity index (χ2v) is 5.65. The number of amides is 1. The molecule has 0 heterocycles. The minimum atomic E-state index is -3.11. The lowest BCUT2D eigenvalue weighted by Gasteiger charge is -2.06. The van der Waals surface area contributed by atoms with Gasteiger partial charge in [0, 0.05) is 4.47 Å². The third kappa shape index (κ3) is 2.55. The zero-order chi connectivity index (χ0) is 10.8. The Morgan fingerprint density at radius 3 is 2.57 bits per heavy atom. The van der Waals surface area contributed by atoms with Crippen LogP contribution in [0.25, 0.3) is 0 Å². The van der Waals surface area contributed by atoms with Gasteiger partial charge in [-0.2, -0.15) is 0 Å². The van der Waals surface area contributed by atoms with E-state index in [0.717, 1.165) is 0 Å². The standard InChI is InChI=1S/C8H9BrN2O2S/c9-6-3-1-2-4-7(6)14(11,13)5-8(10)12/h1-4,11H,5H2,(H2,10,12). The molecule has 0 aromatic heterocycles. The van der Waals surface area contributed by atoms with Crippen LogP contribution in [0.3, 0.4) is 0 Å². The van der Waals surface area contributed by atoms with Gasteiger partial charge in [-0.1, -0.05) is 12.1 Å². The van der Waals surface area contributed by atoms with Crippen molar-refractivity contribution in [1.29, 1.82) is 4.78 Å². The molecular weight excluding hydrogens is 268 g/mol. The largest absolute Gasteiger partial charge is 0.369 e. The zero-order valence-corrected chi connectivity index (χ0v) is 9.60. The minimum absolute atomic E-state index is 0.304. The fourth-order valence-corrected chi connectivity index (χ4v) is 3.30. The number of hydrogen-bond acceptors (Lipinski definition) is 3. The van der Waals surface area contributed by atoms with Crippen LogP contribution in [0.5, 0.6) is 0 Å². The molecule has 0 aliphatic rings. The van der Waals surface area contributed by atoms with Crippen LogP contribution in [0.15, 0.2) is 33.6 Å². The average Bonchev–Trinajstić information content (AvgIpc) is 2.02. The lowest BCUT2D eigenvalue weighted by Crippen LogP contribution is -2.22. The number of nitrogens with two attached hydrogens (primary N) is 1. The fourth-order valence-electron chi connectivity index (χ4n) is 0.990. The highest BCUT2D eigenvalue weighted by Gasteiger charge is 2.15. The molecule has 1 unspecified atom stereocenters. The Morgan fingerprint density at radius 1 is 1.50 bits per heavy atom. The minimum Gasteiger partial charge on any atom is -0.369 e. The monoisotopic (exact) mass is 276 g/mol. The number of carbonyl (C=O) groups excluding carboxylic acids is 1. The van der Waals surface area contributed by atoms with Gasteiger partial charge < -0.3 is 5.73 Å². The van der Waals surface area contributed by atoms with Crippen molar-refractivity contribution >= 4 is 31.6 Å². The van der Waals surface area contributed by atoms with Crippen molar-refractivity contribution in [3.05, 3.63) is 28.7 Å². The van der Waals surface area contributed by atoms with Crippen LogP contribution >= 0.6 is 15.9 Å². The van der Waals surface area contributed by atoms with Gasteiger partial charge in [-0.3, -0.25) is 4.79 Å². The summed E-state index contributed by atoms with van der Waals surface area (Å²) in [5.74, 6) is -1.18. The van der Waals surface area contributed by atoms with Crippen LogP contribution < -0.4 is 5.73 Å². The van der Waals surface area contributed by atoms with E-state index in [-0.39, 0.29) is 0 Å². The number of carbonyl (C=O) groups is 1. The summed E-state index contributed by atoms with van der Waals surface area (Å²) in [4.78, 5) is 10.9. The van der Waals surface area contributed by atoms with Crippen molar-refractivity contribution in [3.63, 3.8) is 0 Å². The van der Waals surface area contributed by atoms with E-state index in [4.69, 9.17) is 10.5 Å². The molecule has 1 aromatic carbocycles. The molecule has 0 saturated carbocycles. The molecule has 0 fully saturated rings. The summed E-state index contributed by atoms with van der Waals surface area (Å²) < 4.78 is 19.8. The Hall–Kier alpha value is -0.880. The van der Waals surface area contributed by atoms with Crippen molar-refractivity contribution in [2.24, 2.45) is 5.73 Å². The Bertz CT molecular complexity index is 456. The molecule has 0 bridgehead atoms. The summed E-state index contributed by atoms with van der Waals surface area (Å²) in [5, 5.41) is 0. The molecule has 14 heavy (non-hydrogen) atoms. The van der Waals surface area contributed by atoms with Gasteiger partial charge >= 0.3 is 0 Å². The third-order valence-corrected chi connectivity index (χ3v) is 4.25. The van der Waals surface area contributed by atoms with Crippen LogP contribution in [-0.4, -0.2) is 15.9 Å². The van der Waals surface area contributed by atoms with Crippen molar-refractivity contribution in [2.75, 3.05) is 5.75 Å². The molecule has 76 valence electrons. The first-order valence-corrected chi connectivity index (χ1v) is 6.25. The summed E-state index contributed by atoms with van der Waals surface area (Å²) in [6, 6.07) is 6.62. The molecule has 1 aromatic rings. The Kier molecular flexibility index (Phi) is 3.28. The van der Waals surface area contributed by atoms with Gasteiger partial charge in [0.1, 0.15) is 5.75 Å². The second kappa shape index (κ2) is 4.10. The highest BCUT2D eigenvalue weighted by Crippen LogP contribution is 2.22. The van der Waals surface area contributed by atoms with Gasteiger partial charge in [-0.05, 0) is 28.1 Å². The van der Waals surface area contributed by atoms with E-state index >= 15 is 0 Å². The number of halogens is 1. The number of benzene rings is 1. The van der Waals surface area contributed by atoms with Crippen LogP contribution in [0, 0.1) is 4.78 Å². The first-order valence-electron chi connectivity index (χ1n) is 3.73. The molecule has 1 atom stereocenters. The van der Waals surface area contributed by atoms with Crippen molar-refractivity contribution < 1.29 is 9.00 Å². The maximum absolute atomic E-state index is 11.8. The lowest BCUT2D eigenvalue weighted by molar-refractivity contribution is -0.115. The molecule has 0 saturated heterocycles. The number of hydrogen-bond donors (Lipinski definition) is 2. The SMILES string of the molecule is N=S(=O)(CC(N)=O)c1ccccc1Br. The van der Waals surface area contributed by atoms with Gasteiger partial charge in [0.15, 0.2) is 0 Å². The summed E-state index contributed by atoms with van der Waals surface area (Å²) in [7, 11) is -3.11. The Morgan fingerprint density at radius 2 is 2.07 bits per heavy atom. The van der Waals surface area contributed by atoms with E-state index in [1.807, 2.05) is 0 Å². The first kappa shape index (κ1) is 11.2. The molecule has 0 aliphatic carbocycles. The Balaban J connectivity index is 3.17. The van der Waals surface area contributed by atoms with Gasteiger partial charge in [-0.15, -0.1) is 0 Å². The molecule has 3 N–H and O–H groups in total. The summed E-state index contributed by atoms with van der Waals surface area (Å²) >= 11 is 3.17. The Labute approximate surface area is 90.6 Å². The molecule has 1 rings (SSSR count). The van der Waals surface area contributed by atoms with Crippen molar-refractivity contribution in [3.8, 4) is 0 Å². The maximum atomic E-state index is 11.8. The van der Waals surface area contributed by atoms with E-state index in [1.165, 1.54) is 0 Å². The van der Waals surface area contributed by atoms with E-state index in [9.17, 15) is 9.00 Å². The maximum Gasteiger partial charge on any atom is 0.231 e. The predicted molar refractivity (Wildman–Crippen MR) is 57.3 cm³/mol. The molecule has 6 heteroatoms. The normalized spacial score (nSPS) is 14.6. The number of nitrogens with one attached hydrogen (secondary N) is 1. The van der Waals surface area contributed by atoms with Gasteiger partial charge in [0.25, 0.3) is 0 Å². The quantitative estimate of drug-likeness (QED) is 0.873. The third-order valence-electron chi connectivity index (χ3n) is 1.54. The van der Waals surface area contributed by atoms with E-state index in [2.05, 4.69) is 15.9 Å². The highest BCUT2D eigenvalue weighted by atomic mass is 79.9. The van der Waals surface area contributed by atoms with Gasteiger partial charge in [0.2, 0.25) is 5.91 Å². The summed E-state index contributed by atoms with van der Waals surface area (Å²) in [6.45, 7) is 0. The molecule has 0 aliphatic heterocycles. The van der Waals surface area contributed by atoms with E-state index < -0.39 is 21.4 Å². The van der Waals surface area contributed by atoms with E-state index in [1.54, 1.807) is 24.3 Å². The van der Waals surface area contributed by atoms with Crippen molar-refractivity contribution in [2.45, 2.75) is 4.90 Å². The molecule has 0 spiro atoms. The number of rotatable bonds is 3. The van der Waals surface area contributed by atoms with Crippen LogP contribution in [0.2, 0.25) is 0 Å². The average molecular weight is 277 g/mol. The van der Waals surface area contributed by atoms with Crippen LogP contribution in [0.1, 0.15) is 0 Å². The summed E-state index contributed by atoms with van der Waals surface area (Å²) in [6.07, 6.45) is 0. The number of primary amides is 1. The zero-order valence-electron chi connectivity index (χ0n) is 7.20. The smallest absolute Gasteiger partial charge is 0.231 e. The topological polar surface area (TPSA) is 84.0 Å². The van der Waals surface area contributed by atoms with Gasteiger partial charge in [-0.25, -0.2) is 8.99 Å². The van der Waals surface area contributed by atoms with Crippen molar-refractivity contribution in [1.82, 2.24) is 0 Å². The second-order valence-electron chi connectivity index (χ2n) is 2.72. The predicted octanol–water partition coefficient (Wildman–Crippen LogP) is 1.34. The van der Waals surface area contributed by atoms with Crippen LogP contribution in [0.4, 0.5) is 0 Å². The summed E-state index contributed by atoms with van der Waals surface area (Å²) in [5.41, 5.74) is 4.91. The fraction of sp³-hybridized carbons (Fsp3) is 0.125. The molecule has 0 radical (unpaired) electrons. The molecule has 1 amide bonds. The highest BCUT2D eigenvalue weighted by molar-refractivity contribution is 9.10.